The molecule has 2 N–H and O–H groups in total. The second-order valence-corrected chi connectivity index (χ2v) is 8.55. The number of rotatable bonds is 5. The zero-order valence-corrected chi connectivity index (χ0v) is 19.1. The first-order valence-electron chi connectivity index (χ1n) is 10.7. The van der Waals surface area contributed by atoms with Gasteiger partial charge in [-0.2, -0.15) is 0 Å². The van der Waals surface area contributed by atoms with Crippen LogP contribution in [-0.2, 0) is 11.8 Å². The van der Waals surface area contributed by atoms with Crippen molar-refractivity contribution < 1.29 is 9.53 Å². The van der Waals surface area contributed by atoms with E-state index in [2.05, 4.69) is 25.3 Å². The second kappa shape index (κ2) is 8.84. The van der Waals surface area contributed by atoms with Crippen LogP contribution in [0.25, 0.3) is 22.3 Å². The lowest BCUT2D eigenvalue weighted by Gasteiger charge is -2.30. The predicted octanol–water partition coefficient (Wildman–Crippen LogP) is 4.01. The molecule has 1 saturated heterocycles. The monoisotopic (exact) mass is 465 g/mol. The van der Waals surface area contributed by atoms with Crippen LogP contribution in [0.3, 0.4) is 0 Å². The molecule has 9 nitrogen and oxygen atoms in total. The van der Waals surface area contributed by atoms with E-state index in [1.54, 1.807) is 25.7 Å². The molecule has 4 heterocycles. The first-order chi connectivity index (χ1) is 16.0. The molecule has 0 radical (unpaired) electrons. The summed E-state index contributed by atoms with van der Waals surface area (Å²) < 4.78 is 7.26. The summed E-state index contributed by atoms with van der Waals surface area (Å²) in [5.41, 5.74) is 3.45. The van der Waals surface area contributed by atoms with Gasteiger partial charge in [-0.3, -0.25) is 4.79 Å². The van der Waals surface area contributed by atoms with Crippen LogP contribution in [0.2, 0.25) is 5.02 Å². The third-order valence-corrected chi connectivity index (χ3v) is 6.15. The van der Waals surface area contributed by atoms with E-state index >= 15 is 0 Å². The fraction of sp³-hybridized carbons (Fsp3) is 0.304. The van der Waals surface area contributed by atoms with Crippen LogP contribution < -0.4 is 5.32 Å². The Kier molecular flexibility index (Phi) is 5.74. The molecule has 1 aromatic carbocycles. The summed E-state index contributed by atoms with van der Waals surface area (Å²) in [5.74, 6) is 0.402. The zero-order chi connectivity index (χ0) is 22.9. The molecule has 1 aliphatic rings. The number of benzene rings is 1. The van der Waals surface area contributed by atoms with Gasteiger partial charge in [0.2, 0.25) is 5.95 Å². The number of anilines is 2. The number of aryl methyl sites for hydroxylation is 1. The summed E-state index contributed by atoms with van der Waals surface area (Å²) in [6.07, 6.45) is 7.20. The molecule has 33 heavy (non-hydrogen) atoms. The van der Waals surface area contributed by atoms with Crippen molar-refractivity contribution in [2.75, 3.05) is 25.5 Å². The highest BCUT2D eigenvalue weighted by molar-refractivity contribution is 6.35. The first kappa shape index (κ1) is 21.4. The van der Waals surface area contributed by atoms with E-state index in [4.69, 9.17) is 16.3 Å². The molecular formula is C23H24ClN7O2. The average molecular weight is 466 g/mol. The summed E-state index contributed by atoms with van der Waals surface area (Å²) in [7, 11) is 3.62. The smallest absolute Gasteiger partial charge is 0.270 e. The number of methoxy groups -OCH3 is 1. The Balaban J connectivity index is 1.37. The normalized spacial score (nSPS) is 14.7. The van der Waals surface area contributed by atoms with Crippen LogP contribution in [0.15, 0.2) is 43.0 Å². The topological polar surface area (TPSA) is 101 Å². The highest BCUT2D eigenvalue weighted by atomic mass is 35.5. The Morgan fingerprint density at radius 3 is 2.76 bits per heavy atom. The van der Waals surface area contributed by atoms with Crippen molar-refractivity contribution in [1.82, 2.24) is 29.4 Å². The molecule has 5 rings (SSSR count). The van der Waals surface area contributed by atoms with E-state index in [1.807, 2.05) is 40.9 Å². The van der Waals surface area contributed by atoms with Gasteiger partial charge in [0, 0.05) is 50.7 Å². The maximum absolute atomic E-state index is 13.0. The maximum atomic E-state index is 13.0. The minimum absolute atomic E-state index is 0.0299. The van der Waals surface area contributed by atoms with Crippen LogP contribution in [0.1, 0.15) is 23.3 Å². The molecule has 3 aromatic heterocycles. The number of nitrogens with zero attached hydrogens (tertiary/aromatic N) is 5. The second-order valence-electron chi connectivity index (χ2n) is 8.15. The van der Waals surface area contributed by atoms with Gasteiger partial charge in [-0.05, 0) is 37.1 Å². The molecule has 0 atom stereocenters. The number of carbonyl (C=O) groups is 1. The lowest BCUT2D eigenvalue weighted by atomic mass is 10.1. The Hall–Kier alpha value is -3.43. The Bertz CT molecular complexity index is 1310. The largest absolute Gasteiger partial charge is 0.381 e. The number of piperidine rings is 1. The summed E-state index contributed by atoms with van der Waals surface area (Å²) in [5, 5.41) is 4.54. The Morgan fingerprint density at radius 1 is 1.21 bits per heavy atom. The zero-order valence-electron chi connectivity index (χ0n) is 18.4. The van der Waals surface area contributed by atoms with Crippen molar-refractivity contribution >= 4 is 40.0 Å². The van der Waals surface area contributed by atoms with E-state index < -0.39 is 0 Å². The minimum atomic E-state index is -0.0299. The molecule has 1 aliphatic heterocycles. The fourth-order valence-electron chi connectivity index (χ4n) is 4.09. The van der Waals surface area contributed by atoms with Gasteiger partial charge >= 0.3 is 0 Å². The van der Waals surface area contributed by atoms with Gasteiger partial charge in [0.1, 0.15) is 11.4 Å². The fourth-order valence-corrected chi connectivity index (χ4v) is 4.36. The van der Waals surface area contributed by atoms with E-state index in [0.29, 0.717) is 35.4 Å². The van der Waals surface area contributed by atoms with Crippen molar-refractivity contribution in [1.29, 1.82) is 0 Å². The Labute approximate surface area is 195 Å². The molecule has 4 aromatic rings. The van der Waals surface area contributed by atoms with Crippen molar-refractivity contribution in [2.24, 2.45) is 7.05 Å². The lowest BCUT2D eigenvalue weighted by molar-refractivity contribution is 0.0348. The first-order valence-corrected chi connectivity index (χ1v) is 11.1. The molecule has 0 bridgehead atoms. The van der Waals surface area contributed by atoms with Crippen molar-refractivity contribution in [3.05, 3.63) is 53.7 Å². The van der Waals surface area contributed by atoms with Crippen molar-refractivity contribution in [3.63, 3.8) is 0 Å². The number of amides is 1. The summed E-state index contributed by atoms with van der Waals surface area (Å²) in [6, 6.07) is 7.35. The molecule has 0 saturated carbocycles. The molecule has 1 amide bonds. The molecular weight excluding hydrogens is 442 g/mol. The molecule has 170 valence electrons. The number of hydrogen-bond donors (Lipinski definition) is 2. The number of halogens is 1. The number of aromatic nitrogens is 5. The third-order valence-electron chi connectivity index (χ3n) is 5.85. The number of imidazole rings is 1. The standard InChI is InChI=1S/C23H24ClN7O2/c1-30-12-20(26-13-30)18-3-6-25-23(29-18)27-15-9-14-10-19(28-21(14)17(24)11-15)22(32)31-7-4-16(33-2)5-8-31/h3,6,9-13,16,28H,4-5,7-8H2,1-2H3,(H,25,27,29). The highest BCUT2D eigenvalue weighted by Gasteiger charge is 2.24. The summed E-state index contributed by atoms with van der Waals surface area (Å²) >= 11 is 6.53. The third kappa shape index (κ3) is 4.42. The number of carbonyl (C=O) groups excluding carboxylic acids is 1. The van der Waals surface area contributed by atoms with Crippen molar-refractivity contribution in [2.45, 2.75) is 18.9 Å². The number of hydrogen-bond acceptors (Lipinski definition) is 6. The number of nitrogens with one attached hydrogen (secondary N) is 2. The van der Waals surface area contributed by atoms with Crippen LogP contribution in [0, 0.1) is 0 Å². The van der Waals surface area contributed by atoms with E-state index in [-0.39, 0.29) is 12.0 Å². The van der Waals surface area contributed by atoms with Crippen LogP contribution >= 0.6 is 11.6 Å². The van der Waals surface area contributed by atoms with Crippen molar-refractivity contribution in [3.8, 4) is 11.4 Å². The van der Waals surface area contributed by atoms with Gasteiger partial charge < -0.3 is 24.5 Å². The predicted molar refractivity (Wildman–Crippen MR) is 127 cm³/mol. The van der Waals surface area contributed by atoms with Gasteiger partial charge in [-0.15, -0.1) is 0 Å². The van der Waals surface area contributed by atoms with Crippen LogP contribution in [-0.4, -0.2) is 61.6 Å². The number of aromatic amines is 1. The number of likely N-dealkylation sites (tertiary alicyclic amines) is 1. The Morgan fingerprint density at radius 2 is 2.03 bits per heavy atom. The minimum Gasteiger partial charge on any atom is -0.381 e. The SMILES string of the molecule is COC1CCN(C(=O)c2cc3cc(Nc4nccc(-c5cn(C)cn5)n4)cc(Cl)c3[nH]2)CC1. The van der Waals surface area contributed by atoms with Gasteiger partial charge in [0.15, 0.2) is 0 Å². The van der Waals surface area contributed by atoms with E-state index in [9.17, 15) is 4.79 Å². The van der Waals surface area contributed by atoms with Crippen LogP contribution in [0.4, 0.5) is 11.6 Å². The summed E-state index contributed by atoms with van der Waals surface area (Å²) in [4.78, 5) is 31.2. The highest BCUT2D eigenvalue weighted by Crippen LogP contribution is 2.30. The molecule has 1 fully saturated rings. The van der Waals surface area contributed by atoms with Gasteiger partial charge in [0.25, 0.3) is 5.91 Å². The lowest BCUT2D eigenvalue weighted by Crippen LogP contribution is -2.40. The molecule has 0 spiro atoms. The quantitative estimate of drug-likeness (QED) is 0.462. The number of fused-ring (bicyclic) bond motifs is 1. The molecule has 0 aliphatic carbocycles. The summed E-state index contributed by atoms with van der Waals surface area (Å²) in [6.45, 7) is 1.36. The molecule has 0 unspecified atom stereocenters. The van der Waals surface area contributed by atoms with Gasteiger partial charge in [0.05, 0.1) is 28.7 Å². The van der Waals surface area contributed by atoms with E-state index in [0.717, 1.165) is 35.1 Å². The molecule has 10 heteroatoms. The maximum Gasteiger partial charge on any atom is 0.270 e. The number of ether oxygens (including phenoxy) is 1. The van der Waals surface area contributed by atoms with Crippen LogP contribution in [0.5, 0.6) is 0 Å². The number of H-pyrrole nitrogens is 1. The van der Waals surface area contributed by atoms with Gasteiger partial charge in [-0.25, -0.2) is 15.0 Å². The van der Waals surface area contributed by atoms with E-state index in [1.165, 1.54) is 0 Å². The average Bonchev–Trinajstić information content (AvgIpc) is 3.46. The van der Waals surface area contributed by atoms with Gasteiger partial charge in [-0.1, -0.05) is 11.6 Å².